The van der Waals surface area contributed by atoms with Gasteiger partial charge in [-0.05, 0) is 32.5 Å². The number of carbonyl (C=O) groups excluding carboxylic acids is 2. The van der Waals surface area contributed by atoms with Gasteiger partial charge in [-0.15, -0.1) is 0 Å². The predicted molar refractivity (Wildman–Crippen MR) is 81.0 cm³/mol. The van der Waals surface area contributed by atoms with Crippen LogP contribution in [0.2, 0.25) is 0 Å². The summed E-state index contributed by atoms with van der Waals surface area (Å²) in [5, 5.41) is 0. The van der Waals surface area contributed by atoms with Crippen LogP contribution in [-0.2, 0) is 19.7 Å². The van der Waals surface area contributed by atoms with Crippen LogP contribution in [0.3, 0.4) is 0 Å². The molecule has 0 amide bonds. The van der Waals surface area contributed by atoms with Crippen molar-refractivity contribution in [3.8, 4) is 0 Å². The highest BCUT2D eigenvalue weighted by Crippen LogP contribution is 2.41. The van der Waals surface area contributed by atoms with Crippen molar-refractivity contribution in [3.05, 3.63) is 35.9 Å². The van der Waals surface area contributed by atoms with Crippen molar-refractivity contribution in [1.29, 1.82) is 0 Å². The van der Waals surface area contributed by atoms with E-state index in [4.69, 9.17) is 4.74 Å². The summed E-state index contributed by atoms with van der Waals surface area (Å²) in [5.41, 5.74) is 0.262. The standard InChI is InChI=1S/C17H23NO3/c1-18(2)12-13-11-17(16(20)21-3,10-9-15(13)19)14-7-5-4-6-8-14/h4-8,13H,9-12H2,1-3H3. The minimum Gasteiger partial charge on any atom is -0.468 e. The molecule has 0 saturated heterocycles. The van der Waals surface area contributed by atoms with E-state index in [1.807, 2.05) is 49.3 Å². The van der Waals surface area contributed by atoms with Crippen molar-refractivity contribution in [1.82, 2.24) is 4.90 Å². The maximum absolute atomic E-state index is 12.5. The average Bonchev–Trinajstić information content (AvgIpc) is 2.49. The van der Waals surface area contributed by atoms with Crippen LogP contribution in [0.15, 0.2) is 30.3 Å². The first-order chi connectivity index (χ1) is 9.99. The number of carbonyl (C=O) groups is 2. The number of rotatable bonds is 4. The molecule has 0 radical (unpaired) electrons. The maximum Gasteiger partial charge on any atom is 0.316 e. The van der Waals surface area contributed by atoms with Gasteiger partial charge in [0.05, 0.1) is 12.5 Å². The van der Waals surface area contributed by atoms with Gasteiger partial charge in [0.2, 0.25) is 0 Å². The largest absolute Gasteiger partial charge is 0.468 e. The Morgan fingerprint density at radius 1 is 1.33 bits per heavy atom. The van der Waals surface area contributed by atoms with Crippen LogP contribution in [0.1, 0.15) is 24.8 Å². The van der Waals surface area contributed by atoms with Gasteiger partial charge in [0.25, 0.3) is 0 Å². The number of hydrogen-bond donors (Lipinski definition) is 0. The normalized spacial score (nSPS) is 25.9. The van der Waals surface area contributed by atoms with Crippen LogP contribution >= 0.6 is 0 Å². The monoisotopic (exact) mass is 289 g/mol. The molecule has 21 heavy (non-hydrogen) atoms. The zero-order valence-electron chi connectivity index (χ0n) is 13.0. The summed E-state index contributed by atoms with van der Waals surface area (Å²) >= 11 is 0. The van der Waals surface area contributed by atoms with E-state index in [2.05, 4.69) is 0 Å². The third-order valence-corrected chi connectivity index (χ3v) is 4.34. The fourth-order valence-electron chi connectivity index (χ4n) is 3.30. The van der Waals surface area contributed by atoms with Crippen LogP contribution in [0.4, 0.5) is 0 Å². The van der Waals surface area contributed by atoms with Crippen LogP contribution in [-0.4, -0.2) is 44.4 Å². The Morgan fingerprint density at radius 3 is 2.57 bits per heavy atom. The molecule has 1 aliphatic rings. The molecule has 0 aliphatic heterocycles. The molecule has 114 valence electrons. The summed E-state index contributed by atoms with van der Waals surface area (Å²) in [7, 11) is 5.32. The predicted octanol–water partition coefficient (Wildman–Crippen LogP) is 2.03. The van der Waals surface area contributed by atoms with Crippen molar-refractivity contribution in [2.24, 2.45) is 5.92 Å². The van der Waals surface area contributed by atoms with Crippen LogP contribution in [0, 0.1) is 5.92 Å². The number of benzene rings is 1. The molecule has 2 atom stereocenters. The topological polar surface area (TPSA) is 46.6 Å². The highest BCUT2D eigenvalue weighted by Gasteiger charge is 2.47. The van der Waals surface area contributed by atoms with Crippen molar-refractivity contribution in [2.75, 3.05) is 27.7 Å². The van der Waals surface area contributed by atoms with E-state index in [0.717, 1.165) is 5.56 Å². The SMILES string of the molecule is COC(=O)C1(c2ccccc2)CCC(=O)C(CN(C)C)C1. The van der Waals surface area contributed by atoms with Gasteiger partial charge in [-0.2, -0.15) is 0 Å². The van der Waals surface area contributed by atoms with Gasteiger partial charge in [-0.25, -0.2) is 0 Å². The van der Waals surface area contributed by atoms with E-state index < -0.39 is 5.41 Å². The van der Waals surface area contributed by atoms with Crippen LogP contribution in [0.5, 0.6) is 0 Å². The summed E-state index contributed by atoms with van der Waals surface area (Å²) in [6, 6.07) is 9.70. The lowest BCUT2D eigenvalue weighted by Crippen LogP contribution is -2.46. The summed E-state index contributed by atoms with van der Waals surface area (Å²) in [6.45, 7) is 0.671. The van der Waals surface area contributed by atoms with Gasteiger partial charge >= 0.3 is 5.97 Å². The molecule has 1 saturated carbocycles. The van der Waals surface area contributed by atoms with E-state index in [0.29, 0.717) is 25.8 Å². The Labute approximate surface area is 126 Å². The first-order valence-corrected chi connectivity index (χ1v) is 7.31. The Balaban J connectivity index is 2.37. The van der Waals surface area contributed by atoms with Crippen molar-refractivity contribution in [3.63, 3.8) is 0 Å². The molecule has 4 nitrogen and oxygen atoms in total. The second kappa shape index (κ2) is 6.39. The summed E-state index contributed by atoms with van der Waals surface area (Å²) < 4.78 is 5.07. The summed E-state index contributed by atoms with van der Waals surface area (Å²) in [6.07, 6.45) is 1.50. The Morgan fingerprint density at radius 2 is 2.00 bits per heavy atom. The number of ether oxygens (including phenoxy) is 1. The lowest BCUT2D eigenvalue weighted by molar-refractivity contribution is -0.151. The fourth-order valence-corrected chi connectivity index (χ4v) is 3.30. The lowest BCUT2D eigenvalue weighted by Gasteiger charge is -2.39. The maximum atomic E-state index is 12.5. The van der Waals surface area contributed by atoms with E-state index in [9.17, 15) is 9.59 Å². The van der Waals surface area contributed by atoms with Crippen LogP contribution in [0.25, 0.3) is 0 Å². The first kappa shape index (κ1) is 15.7. The van der Waals surface area contributed by atoms with Crippen LogP contribution < -0.4 is 0 Å². The molecular formula is C17H23NO3. The van der Waals surface area contributed by atoms with Crippen molar-refractivity contribution in [2.45, 2.75) is 24.7 Å². The number of nitrogens with zero attached hydrogens (tertiary/aromatic N) is 1. The Hall–Kier alpha value is -1.68. The second-order valence-electron chi connectivity index (χ2n) is 6.07. The first-order valence-electron chi connectivity index (χ1n) is 7.31. The molecule has 0 bridgehead atoms. The summed E-state index contributed by atoms with van der Waals surface area (Å²) in [5.74, 6) is -0.0998. The van der Waals surface area contributed by atoms with Gasteiger partial charge in [0.15, 0.2) is 0 Å². The third kappa shape index (κ3) is 3.16. The van der Waals surface area contributed by atoms with E-state index in [1.54, 1.807) is 0 Å². The molecule has 4 heteroatoms. The van der Waals surface area contributed by atoms with Crippen molar-refractivity contribution < 1.29 is 14.3 Å². The van der Waals surface area contributed by atoms with Gasteiger partial charge in [0.1, 0.15) is 5.78 Å². The smallest absolute Gasteiger partial charge is 0.316 e. The number of ketones is 1. The lowest BCUT2D eigenvalue weighted by atomic mass is 9.65. The molecule has 1 aromatic carbocycles. The molecule has 2 unspecified atom stereocenters. The molecule has 0 spiro atoms. The quantitative estimate of drug-likeness (QED) is 0.796. The van der Waals surface area contributed by atoms with Gasteiger partial charge in [-0.3, -0.25) is 9.59 Å². The van der Waals surface area contributed by atoms with Gasteiger partial charge in [-0.1, -0.05) is 30.3 Å². The third-order valence-electron chi connectivity index (χ3n) is 4.34. The number of hydrogen-bond acceptors (Lipinski definition) is 4. The minimum absolute atomic E-state index is 0.118. The van der Waals surface area contributed by atoms with Gasteiger partial charge < -0.3 is 9.64 Å². The van der Waals surface area contributed by atoms with E-state index in [-0.39, 0.29) is 17.7 Å². The molecule has 0 heterocycles. The number of Topliss-reactive ketones (excluding diaryl/α,β-unsaturated/α-hetero) is 1. The second-order valence-corrected chi connectivity index (χ2v) is 6.07. The Bertz CT molecular complexity index is 512. The fraction of sp³-hybridized carbons (Fsp3) is 0.529. The molecular weight excluding hydrogens is 266 g/mol. The Kier molecular flexibility index (Phi) is 4.78. The zero-order valence-corrected chi connectivity index (χ0v) is 13.0. The number of methoxy groups -OCH3 is 1. The molecule has 0 N–H and O–H groups in total. The van der Waals surface area contributed by atoms with E-state index in [1.165, 1.54) is 7.11 Å². The van der Waals surface area contributed by atoms with Gasteiger partial charge in [0, 0.05) is 18.9 Å². The van der Waals surface area contributed by atoms with Crippen molar-refractivity contribution >= 4 is 11.8 Å². The number of esters is 1. The molecule has 1 fully saturated rings. The summed E-state index contributed by atoms with van der Waals surface area (Å²) in [4.78, 5) is 26.7. The average molecular weight is 289 g/mol. The minimum atomic E-state index is -0.690. The van der Waals surface area contributed by atoms with E-state index >= 15 is 0 Å². The highest BCUT2D eigenvalue weighted by molar-refractivity contribution is 5.89. The molecule has 1 aromatic rings. The zero-order chi connectivity index (χ0) is 15.5. The highest BCUT2D eigenvalue weighted by atomic mass is 16.5. The molecule has 2 rings (SSSR count). The molecule has 0 aromatic heterocycles. The molecule has 1 aliphatic carbocycles.